The van der Waals surface area contributed by atoms with Gasteiger partial charge >= 0.3 is 0 Å². The van der Waals surface area contributed by atoms with Crippen molar-refractivity contribution in [2.45, 2.75) is 19.8 Å². The van der Waals surface area contributed by atoms with Crippen molar-refractivity contribution in [1.82, 2.24) is 15.3 Å². The maximum Gasteiger partial charge on any atom is 0.251 e. The molecule has 2 aromatic rings. The highest BCUT2D eigenvalue weighted by atomic mass is 35.5. The van der Waals surface area contributed by atoms with Crippen molar-refractivity contribution in [3.8, 4) is 0 Å². The number of nitrogens with one attached hydrogen (secondary N) is 2. The molecule has 2 rings (SSSR count). The minimum Gasteiger partial charge on any atom is -0.352 e. The van der Waals surface area contributed by atoms with Crippen molar-refractivity contribution in [3.63, 3.8) is 0 Å². The highest BCUT2D eigenvalue weighted by Crippen LogP contribution is 2.04. The van der Waals surface area contributed by atoms with Crippen LogP contribution < -0.4 is 16.6 Å². The molecule has 0 saturated heterocycles. The molecule has 0 fully saturated rings. The zero-order valence-corrected chi connectivity index (χ0v) is 13.8. The topological polar surface area (TPSA) is 101 Å². The number of amides is 1. The van der Waals surface area contributed by atoms with Gasteiger partial charge in [-0.3, -0.25) is 9.59 Å². The fourth-order valence-electron chi connectivity index (χ4n) is 2.15. The first-order chi connectivity index (χ1) is 10.6. The van der Waals surface area contributed by atoms with Gasteiger partial charge in [0.1, 0.15) is 5.82 Å². The number of nitrogens with zero attached hydrogens (tertiary/aromatic N) is 1. The van der Waals surface area contributed by atoms with Crippen LogP contribution in [-0.4, -0.2) is 29.0 Å². The van der Waals surface area contributed by atoms with E-state index in [1.807, 2.05) is 12.1 Å². The first-order valence-corrected chi connectivity index (χ1v) is 7.22. The van der Waals surface area contributed by atoms with Gasteiger partial charge in [0.25, 0.3) is 11.5 Å². The Morgan fingerprint density at radius 3 is 2.57 bits per heavy atom. The van der Waals surface area contributed by atoms with Crippen molar-refractivity contribution in [2.75, 3.05) is 13.1 Å². The average molecular weight is 337 g/mol. The van der Waals surface area contributed by atoms with E-state index in [0.717, 1.165) is 12.0 Å². The minimum atomic E-state index is -0.177. The fourth-order valence-corrected chi connectivity index (χ4v) is 2.15. The molecule has 0 aliphatic heterocycles. The molecular formula is C16H21ClN4O2. The average Bonchev–Trinajstić information content (AvgIpc) is 2.47. The predicted octanol–water partition coefficient (Wildman–Crippen LogP) is 0.974. The third-order valence-corrected chi connectivity index (χ3v) is 3.22. The SMILES string of the molecule is Cc1cc(=O)[nH]c(CCNC(=O)c2ccc(CCN)cc2)n1.Cl. The highest BCUT2D eigenvalue weighted by Gasteiger charge is 2.05. The number of aromatic amines is 1. The van der Waals surface area contributed by atoms with Gasteiger partial charge in [0, 0.05) is 30.3 Å². The Labute approximate surface area is 140 Å². The van der Waals surface area contributed by atoms with Gasteiger partial charge in [0.2, 0.25) is 0 Å². The molecule has 0 saturated carbocycles. The van der Waals surface area contributed by atoms with Crippen molar-refractivity contribution in [3.05, 3.63) is 63.3 Å². The third-order valence-electron chi connectivity index (χ3n) is 3.22. The monoisotopic (exact) mass is 336 g/mol. The molecule has 0 unspecified atom stereocenters. The lowest BCUT2D eigenvalue weighted by Crippen LogP contribution is -2.26. The van der Waals surface area contributed by atoms with Crippen molar-refractivity contribution in [1.29, 1.82) is 0 Å². The largest absolute Gasteiger partial charge is 0.352 e. The number of aryl methyl sites for hydroxylation is 1. The Balaban J connectivity index is 0.00000264. The Bertz CT molecular complexity index is 698. The van der Waals surface area contributed by atoms with Crippen LogP contribution >= 0.6 is 12.4 Å². The number of rotatable bonds is 6. The van der Waals surface area contributed by atoms with Gasteiger partial charge in [-0.25, -0.2) is 4.98 Å². The van der Waals surface area contributed by atoms with E-state index in [1.165, 1.54) is 6.07 Å². The first kappa shape index (κ1) is 18.9. The molecule has 4 N–H and O–H groups in total. The van der Waals surface area contributed by atoms with Gasteiger partial charge in [0.05, 0.1) is 0 Å². The fraction of sp³-hybridized carbons (Fsp3) is 0.312. The van der Waals surface area contributed by atoms with Crippen molar-refractivity contribution < 1.29 is 4.79 Å². The number of H-pyrrole nitrogens is 1. The molecule has 23 heavy (non-hydrogen) atoms. The summed E-state index contributed by atoms with van der Waals surface area (Å²) in [6.07, 6.45) is 1.28. The molecule has 1 aromatic carbocycles. The van der Waals surface area contributed by atoms with Gasteiger partial charge in [-0.1, -0.05) is 12.1 Å². The second kappa shape index (κ2) is 9.07. The predicted molar refractivity (Wildman–Crippen MR) is 92.1 cm³/mol. The van der Waals surface area contributed by atoms with Crippen LogP contribution in [0.1, 0.15) is 27.4 Å². The van der Waals surface area contributed by atoms with E-state index in [2.05, 4.69) is 15.3 Å². The van der Waals surface area contributed by atoms with Crippen LogP contribution in [0, 0.1) is 6.92 Å². The number of carbonyl (C=O) groups is 1. The van der Waals surface area contributed by atoms with Crippen LogP contribution in [0.15, 0.2) is 35.1 Å². The number of benzene rings is 1. The lowest BCUT2D eigenvalue weighted by atomic mass is 10.1. The smallest absolute Gasteiger partial charge is 0.251 e. The van der Waals surface area contributed by atoms with Crippen LogP contribution in [0.4, 0.5) is 0 Å². The number of hydrogen-bond acceptors (Lipinski definition) is 4. The van der Waals surface area contributed by atoms with Crippen LogP contribution in [0.3, 0.4) is 0 Å². The summed E-state index contributed by atoms with van der Waals surface area (Å²) in [6.45, 7) is 2.77. The molecule has 6 nitrogen and oxygen atoms in total. The van der Waals surface area contributed by atoms with Gasteiger partial charge in [0.15, 0.2) is 0 Å². The lowest BCUT2D eigenvalue weighted by Gasteiger charge is -2.06. The Morgan fingerprint density at radius 1 is 1.26 bits per heavy atom. The lowest BCUT2D eigenvalue weighted by molar-refractivity contribution is 0.0954. The number of halogens is 1. The summed E-state index contributed by atoms with van der Waals surface area (Å²) in [5.74, 6) is 0.429. The van der Waals surface area contributed by atoms with E-state index >= 15 is 0 Å². The van der Waals surface area contributed by atoms with Gasteiger partial charge in [-0.05, 0) is 37.6 Å². The molecule has 124 valence electrons. The van der Waals surface area contributed by atoms with E-state index < -0.39 is 0 Å². The third kappa shape index (κ3) is 5.84. The summed E-state index contributed by atoms with van der Waals surface area (Å²) in [4.78, 5) is 30.2. The number of carbonyl (C=O) groups excluding carboxylic acids is 1. The molecule has 0 spiro atoms. The van der Waals surface area contributed by atoms with E-state index in [4.69, 9.17) is 5.73 Å². The summed E-state index contributed by atoms with van der Waals surface area (Å²) < 4.78 is 0. The Morgan fingerprint density at radius 2 is 1.96 bits per heavy atom. The normalized spacial score (nSPS) is 10.0. The van der Waals surface area contributed by atoms with E-state index in [-0.39, 0.29) is 23.9 Å². The molecule has 0 atom stereocenters. The van der Waals surface area contributed by atoms with Crippen molar-refractivity contribution in [2.24, 2.45) is 5.73 Å². The zero-order valence-electron chi connectivity index (χ0n) is 13.0. The minimum absolute atomic E-state index is 0. The Kier molecular flexibility index (Phi) is 7.44. The van der Waals surface area contributed by atoms with E-state index in [9.17, 15) is 9.59 Å². The molecule has 1 amide bonds. The van der Waals surface area contributed by atoms with Crippen molar-refractivity contribution >= 4 is 18.3 Å². The molecule has 0 aliphatic carbocycles. The van der Waals surface area contributed by atoms with Crippen LogP contribution in [-0.2, 0) is 12.8 Å². The van der Waals surface area contributed by atoms with Gasteiger partial charge < -0.3 is 16.0 Å². The molecule has 1 heterocycles. The first-order valence-electron chi connectivity index (χ1n) is 7.22. The molecule has 0 aliphatic rings. The summed E-state index contributed by atoms with van der Waals surface area (Å²) in [5, 5.41) is 2.81. The maximum atomic E-state index is 12.0. The maximum absolute atomic E-state index is 12.0. The van der Waals surface area contributed by atoms with Crippen LogP contribution in [0.2, 0.25) is 0 Å². The summed E-state index contributed by atoms with van der Waals surface area (Å²) in [5.41, 5.74) is 7.70. The second-order valence-corrected chi connectivity index (χ2v) is 5.07. The summed E-state index contributed by atoms with van der Waals surface area (Å²) >= 11 is 0. The van der Waals surface area contributed by atoms with Crippen LogP contribution in [0.5, 0.6) is 0 Å². The quantitative estimate of drug-likeness (QED) is 0.731. The number of aromatic nitrogens is 2. The zero-order chi connectivity index (χ0) is 15.9. The van der Waals surface area contributed by atoms with E-state index in [1.54, 1.807) is 19.1 Å². The second-order valence-electron chi connectivity index (χ2n) is 5.07. The molecular weight excluding hydrogens is 316 g/mol. The standard InChI is InChI=1S/C16H20N4O2.ClH/c1-11-10-15(21)20-14(19-11)7-9-18-16(22)13-4-2-12(3-5-13)6-8-17;/h2-5,10H,6-9,17H2,1H3,(H,18,22)(H,19,20,21);1H. The van der Waals surface area contributed by atoms with Gasteiger partial charge in [-0.2, -0.15) is 0 Å². The Hall–Kier alpha value is -2.18. The van der Waals surface area contributed by atoms with E-state index in [0.29, 0.717) is 36.6 Å². The number of hydrogen-bond donors (Lipinski definition) is 3. The summed E-state index contributed by atoms with van der Waals surface area (Å²) in [6, 6.07) is 8.81. The summed E-state index contributed by atoms with van der Waals surface area (Å²) in [7, 11) is 0. The molecule has 7 heteroatoms. The van der Waals surface area contributed by atoms with Gasteiger partial charge in [-0.15, -0.1) is 12.4 Å². The molecule has 0 radical (unpaired) electrons. The van der Waals surface area contributed by atoms with Crippen LogP contribution in [0.25, 0.3) is 0 Å². The highest BCUT2D eigenvalue weighted by molar-refractivity contribution is 5.94. The molecule has 0 bridgehead atoms. The molecule has 1 aromatic heterocycles. The number of nitrogens with two attached hydrogens (primary N) is 1.